The topological polar surface area (TPSA) is 20.3 Å². The number of rotatable bonds is 7. The molecule has 0 saturated heterocycles. The van der Waals surface area contributed by atoms with Crippen LogP contribution in [0.1, 0.15) is 36.0 Å². The van der Waals surface area contributed by atoms with Crippen molar-refractivity contribution in [3.8, 4) is 0 Å². The third-order valence-electron chi connectivity index (χ3n) is 2.72. The van der Waals surface area contributed by atoms with Crippen molar-refractivity contribution in [3.05, 3.63) is 29.8 Å². The fraction of sp³-hybridized carbons (Fsp3) is 0.500. The van der Waals surface area contributed by atoms with Crippen LogP contribution in [-0.2, 0) is 0 Å². The van der Waals surface area contributed by atoms with Crippen LogP contribution in [0.25, 0.3) is 0 Å². The monoisotopic (exact) mass is 297 g/mol. The molecule has 0 bridgehead atoms. The smallest absolute Gasteiger partial charge is 0.162 e. The Labute approximate surface area is 112 Å². The highest BCUT2D eigenvalue weighted by Gasteiger charge is 2.06. The Morgan fingerprint density at radius 2 is 2.00 bits per heavy atom. The van der Waals surface area contributed by atoms with Gasteiger partial charge in [-0.25, -0.2) is 0 Å². The predicted molar refractivity (Wildman–Crippen MR) is 77.4 cm³/mol. The van der Waals surface area contributed by atoms with E-state index in [2.05, 4.69) is 15.9 Å². The van der Waals surface area contributed by atoms with Gasteiger partial charge in [0.05, 0.1) is 0 Å². The van der Waals surface area contributed by atoms with Gasteiger partial charge >= 0.3 is 0 Å². The maximum Gasteiger partial charge on any atom is 0.162 e. The molecule has 0 aliphatic rings. The number of hydrogen-bond donors (Lipinski definition) is 0. The maximum atomic E-state index is 12.0. The van der Waals surface area contributed by atoms with Gasteiger partial charge in [0.1, 0.15) is 0 Å². The molecule has 0 spiro atoms. The molecular weight excluding hydrogens is 278 g/mol. The van der Waals surface area contributed by atoms with Gasteiger partial charge < -0.3 is 4.90 Å². The van der Waals surface area contributed by atoms with Crippen LogP contribution in [0.15, 0.2) is 24.3 Å². The second kappa shape index (κ2) is 7.49. The first-order valence-electron chi connectivity index (χ1n) is 6.01. The standard InChI is InChI=1S/C14H20BrNO/c1-16(2)13-8-6-7-12(11-13)14(17)9-4-3-5-10-15/h6-8,11H,3-5,9-10H2,1-2H3. The van der Waals surface area contributed by atoms with Crippen LogP contribution in [0.5, 0.6) is 0 Å². The third-order valence-corrected chi connectivity index (χ3v) is 3.28. The fourth-order valence-corrected chi connectivity index (χ4v) is 2.06. The summed E-state index contributed by atoms with van der Waals surface area (Å²) in [5.74, 6) is 0.253. The summed E-state index contributed by atoms with van der Waals surface area (Å²) in [7, 11) is 3.97. The molecule has 1 aromatic rings. The van der Waals surface area contributed by atoms with Gasteiger partial charge in [0.25, 0.3) is 0 Å². The Balaban J connectivity index is 2.53. The van der Waals surface area contributed by atoms with Crippen molar-refractivity contribution in [2.45, 2.75) is 25.7 Å². The summed E-state index contributed by atoms with van der Waals surface area (Å²) in [4.78, 5) is 14.0. The van der Waals surface area contributed by atoms with Gasteiger partial charge in [-0.05, 0) is 25.0 Å². The fourth-order valence-electron chi connectivity index (χ4n) is 1.66. The summed E-state index contributed by atoms with van der Waals surface area (Å²) in [5, 5.41) is 1.03. The zero-order valence-corrected chi connectivity index (χ0v) is 12.2. The molecule has 0 fully saturated rings. The quantitative estimate of drug-likeness (QED) is 0.432. The van der Waals surface area contributed by atoms with E-state index in [1.807, 2.05) is 43.3 Å². The minimum atomic E-state index is 0.253. The summed E-state index contributed by atoms with van der Waals surface area (Å²) in [6.07, 6.45) is 3.90. The van der Waals surface area contributed by atoms with E-state index in [-0.39, 0.29) is 5.78 Å². The zero-order chi connectivity index (χ0) is 12.7. The predicted octanol–water partition coefficient (Wildman–Crippen LogP) is 3.89. The van der Waals surface area contributed by atoms with E-state index in [9.17, 15) is 4.79 Å². The molecule has 0 radical (unpaired) electrons. The van der Waals surface area contributed by atoms with E-state index in [0.29, 0.717) is 6.42 Å². The van der Waals surface area contributed by atoms with Gasteiger partial charge in [0.2, 0.25) is 0 Å². The van der Waals surface area contributed by atoms with Crippen LogP contribution in [0.4, 0.5) is 5.69 Å². The molecule has 94 valence electrons. The Morgan fingerprint density at radius 3 is 2.65 bits per heavy atom. The number of Topliss-reactive ketones (excluding diaryl/α,β-unsaturated/α-hetero) is 1. The number of benzene rings is 1. The third kappa shape index (κ3) is 4.90. The van der Waals surface area contributed by atoms with Crippen LogP contribution in [0, 0.1) is 0 Å². The van der Waals surface area contributed by atoms with E-state index in [1.54, 1.807) is 0 Å². The Morgan fingerprint density at radius 1 is 1.24 bits per heavy atom. The molecule has 1 rings (SSSR count). The molecule has 2 nitrogen and oxygen atoms in total. The van der Waals surface area contributed by atoms with Crippen molar-refractivity contribution in [1.29, 1.82) is 0 Å². The largest absolute Gasteiger partial charge is 0.378 e. The molecule has 1 aromatic carbocycles. The molecule has 0 unspecified atom stereocenters. The van der Waals surface area contributed by atoms with Crippen LogP contribution in [0.3, 0.4) is 0 Å². The molecule has 17 heavy (non-hydrogen) atoms. The number of hydrogen-bond acceptors (Lipinski definition) is 2. The first-order chi connectivity index (χ1) is 8.15. The first kappa shape index (κ1) is 14.2. The number of anilines is 1. The average Bonchev–Trinajstić information content (AvgIpc) is 2.34. The minimum absolute atomic E-state index is 0.253. The van der Waals surface area contributed by atoms with Crippen molar-refractivity contribution >= 4 is 27.4 Å². The van der Waals surface area contributed by atoms with Gasteiger partial charge in [-0.15, -0.1) is 0 Å². The van der Waals surface area contributed by atoms with Gasteiger partial charge in [0, 0.05) is 37.1 Å². The number of carbonyl (C=O) groups excluding carboxylic acids is 1. The van der Waals surface area contributed by atoms with Gasteiger partial charge in [-0.3, -0.25) is 4.79 Å². The summed E-state index contributed by atoms with van der Waals surface area (Å²) < 4.78 is 0. The summed E-state index contributed by atoms with van der Waals surface area (Å²) in [5.41, 5.74) is 1.91. The van der Waals surface area contributed by atoms with Crippen molar-refractivity contribution in [2.75, 3.05) is 24.3 Å². The molecule has 0 saturated carbocycles. The second-order valence-electron chi connectivity index (χ2n) is 4.37. The summed E-state index contributed by atoms with van der Waals surface area (Å²) in [6, 6.07) is 7.83. The number of carbonyl (C=O) groups is 1. The molecular formula is C14H20BrNO. The maximum absolute atomic E-state index is 12.0. The van der Waals surface area contributed by atoms with E-state index >= 15 is 0 Å². The number of alkyl halides is 1. The Hall–Kier alpha value is -0.830. The molecule has 3 heteroatoms. The molecule has 0 aliphatic carbocycles. The van der Waals surface area contributed by atoms with Crippen molar-refractivity contribution < 1.29 is 4.79 Å². The summed E-state index contributed by atoms with van der Waals surface area (Å²) in [6.45, 7) is 0. The Kier molecular flexibility index (Phi) is 6.27. The summed E-state index contributed by atoms with van der Waals surface area (Å²) >= 11 is 3.40. The van der Waals surface area contributed by atoms with Gasteiger partial charge in [-0.1, -0.05) is 34.5 Å². The molecule has 0 aromatic heterocycles. The van der Waals surface area contributed by atoms with Crippen molar-refractivity contribution in [2.24, 2.45) is 0 Å². The lowest BCUT2D eigenvalue weighted by molar-refractivity contribution is 0.0979. The number of nitrogens with zero attached hydrogens (tertiary/aromatic N) is 1. The molecule has 0 heterocycles. The normalized spacial score (nSPS) is 10.3. The van der Waals surface area contributed by atoms with E-state index in [1.165, 1.54) is 0 Å². The van der Waals surface area contributed by atoms with Crippen LogP contribution in [-0.4, -0.2) is 25.2 Å². The van der Waals surface area contributed by atoms with Crippen LogP contribution < -0.4 is 4.90 Å². The lowest BCUT2D eigenvalue weighted by Gasteiger charge is -2.13. The van der Waals surface area contributed by atoms with E-state index in [0.717, 1.165) is 35.8 Å². The molecule has 0 aliphatic heterocycles. The molecule has 0 atom stereocenters. The minimum Gasteiger partial charge on any atom is -0.378 e. The van der Waals surface area contributed by atoms with Crippen molar-refractivity contribution in [3.63, 3.8) is 0 Å². The van der Waals surface area contributed by atoms with Crippen LogP contribution in [0.2, 0.25) is 0 Å². The highest BCUT2D eigenvalue weighted by molar-refractivity contribution is 9.09. The number of unbranched alkanes of at least 4 members (excludes halogenated alkanes) is 2. The van der Waals surface area contributed by atoms with Crippen LogP contribution >= 0.6 is 15.9 Å². The number of halogens is 1. The highest BCUT2D eigenvalue weighted by atomic mass is 79.9. The lowest BCUT2D eigenvalue weighted by atomic mass is 10.0. The average molecular weight is 298 g/mol. The van der Waals surface area contributed by atoms with Crippen molar-refractivity contribution in [1.82, 2.24) is 0 Å². The second-order valence-corrected chi connectivity index (χ2v) is 5.16. The number of ketones is 1. The zero-order valence-electron chi connectivity index (χ0n) is 10.6. The lowest BCUT2D eigenvalue weighted by Crippen LogP contribution is -2.09. The molecule has 0 N–H and O–H groups in total. The van der Waals surface area contributed by atoms with Gasteiger partial charge in [-0.2, -0.15) is 0 Å². The SMILES string of the molecule is CN(C)c1cccc(C(=O)CCCCCBr)c1. The molecule has 0 amide bonds. The van der Waals surface area contributed by atoms with E-state index < -0.39 is 0 Å². The first-order valence-corrected chi connectivity index (χ1v) is 7.14. The Bertz CT molecular complexity index is 363. The van der Waals surface area contributed by atoms with Gasteiger partial charge in [0.15, 0.2) is 5.78 Å². The highest BCUT2D eigenvalue weighted by Crippen LogP contribution is 2.16. The van der Waals surface area contributed by atoms with E-state index in [4.69, 9.17) is 0 Å².